The number of aromatic nitrogens is 2. The summed E-state index contributed by atoms with van der Waals surface area (Å²) < 4.78 is 0. The average Bonchev–Trinajstić information content (AvgIpc) is 2.87. The molecule has 3 nitrogen and oxygen atoms in total. The molecule has 0 spiro atoms. The number of nitrogens with one attached hydrogen (secondary N) is 1. The molecule has 0 radical (unpaired) electrons. The highest BCUT2D eigenvalue weighted by Crippen LogP contribution is 2.30. The highest BCUT2D eigenvalue weighted by molar-refractivity contribution is 5.31. The van der Waals surface area contributed by atoms with Crippen LogP contribution < -0.4 is 5.73 Å². The number of aromatic amines is 1. The molecule has 0 saturated carbocycles. The molecule has 1 aliphatic carbocycles. The highest BCUT2D eigenvalue weighted by atomic mass is 14.9. The average molecular weight is 227 g/mol. The molecule has 0 bridgehead atoms. The predicted molar refractivity (Wildman–Crippen MR) is 67.7 cm³/mol. The summed E-state index contributed by atoms with van der Waals surface area (Å²) in [6.45, 7) is 0.538. The van der Waals surface area contributed by atoms with Crippen LogP contribution in [-0.4, -0.2) is 9.97 Å². The molecule has 0 amide bonds. The zero-order valence-corrected chi connectivity index (χ0v) is 9.82. The number of nitrogens with zero attached hydrogens (tertiary/aromatic N) is 1. The van der Waals surface area contributed by atoms with Crippen LogP contribution >= 0.6 is 0 Å². The van der Waals surface area contributed by atoms with Gasteiger partial charge in [0.2, 0.25) is 0 Å². The second-order valence-electron chi connectivity index (χ2n) is 4.71. The van der Waals surface area contributed by atoms with E-state index < -0.39 is 0 Å². The van der Waals surface area contributed by atoms with Gasteiger partial charge in [-0.25, -0.2) is 4.98 Å². The number of nitrogens with two attached hydrogens (primary N) is 1. The summed E-state index contributed by atoms with van der Waals surface area (Å²) in [5.74, 6) is 1.62. The Balaban J connectivity index is 1.84. The molecule has 17 heavy (non-hydrogen) atoms. The molecule has 88 valence electrons. The van der Waals surface area contributed by atoms with Gasteiger partial charge in [-0.1, -0.05) is 24.3 Å². The minimum absolute atomic E-state index is 0.519. The minimum atomic E-state index is 0.519. The van der Waals surface area contributed by atoms with Gasteiger partial charge in [0, 0.05) is 24.4 Å². The van der Waals surface area contributed by atoms with Crippen molar-refractivity contribution in [2.45, 2.75) is 31.7 Å². The first-order valence-corrected chi connectivity index (χ1v) is 6.17. The topological polar surface area (TPSA) is 54.7 Å². The quantitative estimate of drug-likeness (QED) is 0.826. The van der Waals surface area contributed by atoms with Crippen LogP contribution in [0.4, 0.5) is 0 Å². The monoisotopic (exact) mass is 227 g/mol. The fourth-order valence-corrected chi connectivity index (χ4v) is 2.62. The van der Waals surface area contributed by atoms with Crippen molar-refractivity contribution < 1.29 is 0 Å². The van der Waals surface area contributed by atoms with Crippen molar-refractivity contribution in [3.63, 3.8) is 0 Å². The molecule has 0 fully saturated rings. The second-order valence-corrected chi connectivity index (χ2v) is 4.71. The zero-order chi connectivity index (χ0) is 11.7. The number of rotatable bonds is 2. The second kappa shape index (κ2) is 4.34. The molecule has 0 aliphatic heterocycles. The maximum Gasteiger partial charge on any atom is 0.109 e. The third-order valence-corrected chi connectivity index (χ3v) is 3.60. The molecule has 1 unspecified atom stereocenters. The van der Waals surface area contributed by atoms with Crippen LogP contribution in [-0.2, 0) is 19.4 Å². The van der Waals surface area contributed by atoms with Crippen molar-refractivity contribution in [1.82, 2.24) is 9.97 Å². The third kappa shape index (κ3) is 1.98. The van der Waals surface area contributed by atoms with E-state index in [-0.39, 0.29) is 0 Å². The molecule has 0 saturated heterocycles. The van der Waals surface area contributed by atoms with E-state index in [1.54, 1.807) is 0 Å². The summed E-state index contributed by atoms with van der Waals surface area (Å²) in [4.78, 5) is 7.78. The molecule has 1 aliphatic rings. The van der Waals surface area contributed by atoms with E-state index >= 15 is 0 Å². The number of hydrogen-bond acceptors (Lipinski definition) is 2. The molecule has 1 heterocycles. The maximum absolute atomic E-state index is 5.60. The molecule has 3 N–H and O–H groups in total. The van der Waals surface area contributed by atoms with Gasteiger partial charge in [0.1, 0.15) is 5.82 Å². The number of hydrogen-bond donors (Lipinski definition) is 2. The van der Waals surface area contributed by atoms with Crippen molar-refractivity contribution in [3.05, 3.63) is 53.1 Å². The Kier molecular flexibility index (Phi) is 2.69. The largest absolute Gasteiger partial charge is 0.345 e. The number of fused-ring (bicyclic) bond motifs is 1. The van der Waals surface area contributed by atoms with Crippen molar-refractivity contribution in [2.24, 2.45) is 5.73 Å². The Morgan fingerprint density at radius 2 is 2.12 bits per heavy atom. The van der Waals surface area contributed by atoms with Crippen LogP contribution in [0.25, 0.3) is 0 Å². The van der Waals surface area contributed by atoms with Crippen LogP contribution in [0.3, 0.4) is 0 Å². The van der Waals surface area contributed by atoms with Crippen molar-refractivity contribution in [2.75, 3.05) is 0 Å². The first-order chi connectivity index (χ1) is 8.36. The van der Waals surface area contributed by atoms with E-state index in [1.165, 1.54) is 17.5 Å². The summed E-state index contributed by atoms with van der Waals surface area (Å²) >= 11 is 0. The van der Waals surface area contributed by atoms with E-state index in [9.17, 15) is 0 Å². The molecular formula is C14H17N3. The van der Waals surface area contributed by atoms with Gasteiger partial charge in [-0.15, -0.1) is 0 Å². The summed E-state index contributed by atoms with van der Waals surface area (Å²) in [5.41, 5.74) is 9.59. The van der Waals surface area contributed by atoms with Gasteiger partial charge in [0.25, 0.3) is 0 Å². The first kappa shape index (κ1) is 10.5. The maximum atomic E-state index is 5.60. The van der Waals surface area contributed by atoms with Crippen LogP contribution in [0.2, 0.25) is 0 Å². The van der Waals surface area contributed by atoms with Gasteiger partial charge in [0.05, 0.1) is 0 Å². The summed E-state index contributed by atoms with van der Waals surface area (Å²) in [7, 11) is 0. The van der Waals surface area contributed by atoms with Gasteiger partial charge in [0.15, 0.2) is 0 Å². The number of imidazole rings is 1. The van der Waals surface area contributed by atoms with Gasteiger partial charge in [-0.05, 0) is 30.4 Å². The van der Waals surface area contributed by atoms with Gasteiger partial charge < -0.3 is 10.7 Å². The predicted octanol–water partition coefficient (Wildman–Crippen LogP) is 2.14. The van der Waals surface area contributed by atoms with Crippen LogP contribution in [0.5, 0.6) is 0 Å². The fourth-order valence-electron chi connectivity index (χ4n) is 2.62. The molecule has 3 heteroatoms. The number of H-pyrrole nitrogens is 1. The Morgan fingerprint density at radius 1 is 1.29 bits per heavy atom. The van der Waals surface area contributed by atoms with Crippen molar-refractivity contribution in [1.29, 1.82) is 0 Å². The lowest BCUT2D eigenvalue weighted by atomic mass is 9.83. The van der Waals surface area contributed by atoms with E-state index in [2.05, 4.69) is 34.2 Å². The first-order valence-electron chi connectivity index (χ1n) is 6.17. The molecule has 2 aromatic rings. The summed E-state index contributed by atoms with van der Waals surface area (Å²) in [6, 6.07) is 8.71. The Hall–Kier alpha value is -1.61. The SMILES string of the molecule is NCc1cnc(C2CCc3ccccc3C2)[nH]1. The Morgan fingerprint density at radius 3 is 2.88 bits per heavy atom. The van der Waals surface area contributed by atoms with E-state index in [0.29, 0.717) is 12.5 Å². The van der Waals surface area contributed by atoms with Gasteiger partial charge in [-0.2, -0.15) is 0 Å². The summed E-state index contributed by atoms with van der Waals surface area (Å²) in [6.07, 6.45) is 5.28. The third-order valence-electron chi connectivity index (χ3n) is 3.60. The Bertz CT molecular complexity index is 516. The minimum Gasteiger partial charge on any atom is -0.345 e. The summed E-state index contributed by atoms with van der Waals surface area (Å²) in [5, 5.41) is 0. The van der Waals surface area contributed by atoms with E-state index in [1.807, 2.05) is 6.20 Å². The molecule has 1 aromatic carbocycles. The number of benzene rings is 1. The lowest BCUT2D eigenvalue weighted by molar-refractivity contribution is 0.559. The van der Waals surface area contributed by atoms with Crippen molar-refractivity contribution >= 4 is 0 Å². The smallest absolute Gasteiger partial charge is 0.109 e. The normalized spacial score (nSPS) is 19.0. The van der Waals surface area contributed by atoms with Gasteiger partial charge >= 0.3 is 0 Å². The molecule has 1 atom stereocenters. The standard InChI is InChI=1S/C14H17N3/c15-8-13-9-16-14(17-13)12-6-5-10-3-1-2-4-11(10)7-12/h1-4,9,12H,5-8,15H2,(H,16,17). The van der Waals surface area contributed by atoms with Gasteiger partial charge in [-0.3, -0.25) is 0 Å². The van der Waals surface area contributed by atoms with Crippen molar-refractivity contribution in [3.8, 4) is 0 Å². The van der Waals surface area contributed by atoms with E-state index in [4.69, 9.17) is 5.73 Å². The van der Waals surface area contributed by atoms with Crippen LogP contribution in [0.1, 0.15) is 35.0 Å². The van der Waals surface area contributed by atoms with E-state index in [0.717, 1.165) is 24.4 Å². The highest BCUT2D eigenvalue weighted by Gasteiger charge is 2.21. The fraction of sp³-hybridized carbons (Fsp3) is 0.357. The lowest BCUT2D eigenvalue weighted by Gasteiger charge is -2.22. The zero-order valence-electron chi connectivity index (χ0n) is 9.82. The molecule has 3 rings (SSSR count). The van der Waals surface area contributed by atoms with Crippen LogP contribution in [0.15, 0.2) is 30.5 Å². The Labute approximate surface area is 101 Å². The number of aryl methyl sites for hydroxylation is 1. The molecular weight excluding hydrogens is 210 g/mol. The molecule has 1 aromatic heterocycles. The van der Waals surface area contributed by atoms with Crippen LogP contribution in [0, 0.1) is 0 Å². The lowest BCUT2D eigenvalue weighted by Crippen LogP contribution is -2.14.